The number of nitrogens with zero attached hydrogens (tertiary/aromatic N) is 1. The lowest BCUT2D eigenvalue weighted by Crippen LogP contribution is -2.39. The van der Waals surface area contributed by atoms with Gasteiger partial charge in [0.2, 0.25) is 0 Å². The Labute approximate surface area is 103 Å². The van der Waals surface area contributed by atoms with Crippen molar-refractivity contribution in [2.75, 3.05) is 20.1 Å². The van der Waals surface area contributed by atoms with Gasteiger partial charge in [0.05, 0.1) is 0 Å². The van der Waals surface area contributed by atoms with Crippen molar-refractivity contribution in [1.29, 1.82) is 0 Å². The molecule has 0 aromatic rings. The second kappa shape index (κ2) is 8.84. The topological polar surface area (TPSA) is 69.6 Å². The summed E-state index contributed by atoms with van der Waals surface area (Å²) >= 11 is 0. The molecule has 2 N–H and O–H groups in total. The first-order valence-electron chi connectivity index (χ1n) is 6.18. The number of carboxylic acids is 1. The van der Waals surface area contributed by atoms with E-state index in [4.69, 9.17) is 5.11 Å². The number of urea groups is 1. The Hall–Kier alpha value is -1.26. The molecule has 0 aromatic carbocycles. The number of carbonyl (C=O) groups excluding carboxylic acids is 1. The molecule has 0 saturated heterocycles. The fourth-order valence-electron chi connectivity index (χ4n) is 1.41. The minimum Gasteiger partial charge on any atom is -0.481 e. The summed E-state index contributed by atoms with van der Waals surface area (Å²) in [6, 6.07) is -0.0828. The summed E-state index contributed by atoms with van der Waals surface area (Å²) in [7, 11) is 1.78. The molecule has 0 fully saturated rings. The fourth-order valence-corrected chi connectivity index (χ4v) is 1.41. The quantitative estimate of drug-likeness (QED) is 0.641. The molecule has 0 aliphatic rings. The average molecular weight is 244 g/mol. The molecule has 17 heavy (non-hydrogen) atoms. The smallest absolute Gasteiger partial charge is 0.317 e. The van der Waals surface area contributed by atoms with Crippen LogP contribution in [0.5, 0.6) is 0 Å². The summed E-state index contributed by atoms with van der Waals surface area (Å²) < 4.78 is 0. The normalized spacial score (nSPS) is 11.9. The highest BCUT2D eigenvalue weighted by Crippen LogP contribution is 2.02. The maximum Gasteiger partial charge on any atom is 0.317 e. The van der Waals surface area contributed by atoms with E-state index in [9.17, 15) is 9.59 Å². The highest BCUT2D eigenvalue weighted by Gasteiger charge is 2.10. The third kappa shape index (κ3) is 8.54. The van der Waals surface area contributed by atoms with Crippen LogP contribution in [-0.4, -0.2) is 42.1 Å². The molecule has 0 saturated carbocycles. The molecule has 5 nitrogen and oxygen atoms in total. The van der Waals surface area contributed by atoms with Gasteiger partial charge in [-0.05, 0) is 18.8 Å². The first-order chi connectivity index (χ1) is 7.97. The van der Waals surface area contributed by atoms with Crippen LogP contribution in [0.25, 0.3) is 0 Å². The second-order valence-corrected chi connectivity index (χ2v) is 4.48. The summed E-state index contributed by atoms with van der Waals surface area (Å²) in [6.07, 6.45) is 2.52. The number of carboxylic acid groups (broad SMARTS) is 1. The number of nitrogens with one attached hydrogen (secondary N) is 1. The molecule has 1 atom stereocenters. The summed E-state index contributed by atoms with van der Waals surface area (Å²) in [5.74, 6) is -0.289. The molecule has 5 heteroatoms. The summed E-state index contributed by atoms with van der Waals surface area (Å²) in [6.45, 7) is 5.49. The molecule has 0 rings (SSSR count). The van der Waals surface area contributed by atoms with Gasteiger partial charge < -0.3 is 15.3 Å². The monoisotopic (exact) mass is 244 g/mol. The van der Waals surface area contributed by atoms with E-state index in [1.54, 1.807) is 11.9 Å². The molecule has 0 bridgehead atoms. The van der Waals surface area contributed by atoms with E-state index in [2.05, 4.69) is 19.2 Å². The maximum absolute atomic E-state index is 11.6. The van der Waals surface area contributed by atoms with Crippen molar-refractivity contribution in [1.82, 2.24) is 10.2 Å². The van der Waals surface area contributed by atoms with Gasteiger partial charge in [-0.3, -0.25) is 4.79 Å². The Morgan fingerprint density at radius 3 is 2.53 bits per heavy atom. The lowest BCUT2D eigenvalue weighted by atomic mass is 10.1. The lowest BCUT2D eigenvalue weighted by molar-refractivity contribution is -0.137. The molecule has 1 unspecified atom stereocenters. The summed E-state index contributed by atoms with van der Waals surface area (Å²) in [5, 5.41) is 11.2. The summed E-state index contributed by atoms with van der Waals surface area (Å²) in [4.78, 5) is 23.5. The molecular formula is C12H24N2O3. The van der Waals surface area contributed by atoms with Gasteiger partial charge in [0.15, 0.2) is 0 Å². The van der Waals surface area contributed by atoms with Gasteiger partial charge in [0.25, 0.3) is 0 Å². The number of amides is 2. The van der Waals surface area contributed by atoms with Gasteiger partial charge in [-0.2, -0.15) is 0 Å². The average Bonchev–Trinajstić information content (AvgIpc) is 2.27. The minimum atomic E-state index is -0.787. The Morgan fingerprint density at radius 2 is 2.00 bits per heavy atom. The van der Waals surface area contributed by atoms with Gasteiger partial charge in [-0.25, -0.2) is 4.79 Å². The number of unbranched alkanes of at least 4 members (excludes halogenated alkanes) is 1. The van der Waals surface area contributed by atoms with Crippen LogP contribution in [0.1, 0.15) is 39.5 Å². The van der Waals surface area contributed by atoms with Crippen LogP contribution in [-0.2, 0) is 4.79 Å². The standard InChI is InChI=1S/C12H24N2O3/c1-4-10(2)9-14(3)12(17)13-8-6-5-7-11(15)16/h10H,4-9H2,1-3H3,(H,13,17)(H,15,16). The third-order valence-corrected chi connectivity index (χ3v) is 2.72. The van der Waals surface area contributed by atoms with Crippen molar-refractivity contribution in [2.45, 2.75) is 39.5 Å². The van der Waals surface area contributed by atoms with Crippen LogP contribution in [0.15, 0.2) is 0 Å². The zero-order chi connectivity index (χ0) is 13.3. The molecule has 0 aliphatic carbocycles. The lowest BCUT2D eigenvalue weighted by Gasteiger charge is -2.21. The maximum atomic E-state index is 11.6. The van der Waals surface area contributed by atoms with Crippen molar-refractivity contribution in [2.24, 2.45) is 5.92 Å². The summed E-state index contributed by atoms with van der Waals surface area (Å²) in [5.41, 5.74) is 0. The molecule has 0 aliphatic heterocycles. The van der Waals surface area contributed by atoms with Crippen molar-refractivity contribution in [3.05, 3.63) is 0 Å². The van der Waals surface area contributed by atoms with E-state index in [1.165, 1.54) is 0 Å². The number of rotatable bonds is 8. The van der Waals surface area contributed by atoms with Crippen LogP contribution >= 0.6 is 0 Å². The van der Waals surface area contributed by atoms with Gasteiger partial charge in [-0.1, -0.05) is 20.3 Å². The predicted octanol–water partition coefficient (Wildman–Crippen LogP) is 1.93. The first-order valence-corrected chi connectivity index (χ1v) is 6.18. The SMILES string of the molecule is CCC(C)CN(C)C(=O)NCCCCC(=O)O. The van der Waals surface area contributed by atoms with Crippen molar-refractivity contribution < 1.29 is 14.7 Å². The predicted molar refractivity (Wildman–Crippen MR) is 67.0 cm³/mol. The third-order valence-electron chi connectivity index (χ3n) is 2.72. The van der Waals surface area contributed by atoms with Crippen molar-refractivity contribution in [3.63, 3.8) is 0 Å². The van der Waals surface area contributed by atoms with Crippen LogP contribution in [0.2, 0.25) is 0 Å². The van der Waals surface area contributed by atoms with Crippen molar-refractivity contribution in [3.8, 4) is 0 Å². The Balaban J connectivity index is 3.60. The van der Waals surface area contributed by atoms with Crippen LogP contribution in [0.3, 0.4) is 0 Å². The van der Waals surface area contributed by atoms with E-state index in [-0.39, 0.29) is 12.5 Å². The molecule has 2 amide bonds. The van der Waals surface area contributed by atoms with E-state index in [0.29, 0.717) is 25.3 Å². The number of aliphatic carboxylic acids is 1. The molecule has 0 heterocycles. The van der Waals surface area contributed by atoms with Gasteiger partial charge in [-0.15, -0.1) is 0 Å². The van der Waals surface area contributed by atoms with Gasteiger partial charge >= 0.3 is 12.0 Å². The first kappa shape index (κ1) is 15.7. The van der Waals surface area contributed by atoms with Gasteiger partial charge in [0.1, 0.15) is 0 Å². The van der Waals surface area contributed by atoms with Gasteiger partial charge in [0, 0.05) is 26.6 Å². The van der Waals surface area contributed by atoms with Crippen LogP contribution in [0.4, 0.5) is 4.79 Å². The Kier molecular flexibility index (Phi) is 8.19. The van der Waals surface area contributed by atoms with E-state index in [1.807, 2.05) is 0 Å². The molecule has 0 aromatic heterocycles. The minimum absolute atomic E-state index is 0.0828. The Bertz CT molecular complexity index is 244. The number of hydrogen-bond donors (Lipinski definition) is 2. The Morgan fingerprint density at radius 1 is 1.35 bits per heavy atom. The van der Waals surface area contributed by atoms with Crippen LogP contribution < -0.4 is 5.32 Å². The molecule has 0 radical (unpaired) electrons. The fraction of sp³-hybridized carbons (Fsp3) is 0.833. The molecule has 100 valence electrons. The molecular weight excluding hydrogens is 220 g/mol. The zero-order valence-electron chi connectivity index (χ0n) is 11.0. The van der Waals surface area contributed by atoms with Crippen molar-refractivity contribution >= 4 is 12.0 Å². The molecule has 0 spiro atoms. The zero-order valence-corrected chi connectivity index (χ0v) is 11.0. The highest BCUT2D eigenvalue weighted by molar-refractivity contribution is 5.73. The van der Waals surface area contributed by atoms with E-state index in [0.717, 1.165) is 13.0 Å². The second-order valence-electron chi connectivity index (χ2n) is 4.48. The number of carbonyl (C=O) groups is 2. The van der Waals surface area contributed by atoms with Crippen LogP contribution in [0, 0.1) is 5.92 Å². The van der Waals surface area contributed by atoms with E-state index < -0.39 is 5.97 Å². The van der Waals surface area contributed by atoms with E-state index >= 15 is 0 Å². The highest BCUT2D eigenvalue weighted by atomic mass is 16.4. The number of hydrogen-bond acceptors (Lipinski definition) is 2. The largest absolute Gasteiger partial charge is 0.481 e.